The van der Waals surface area contributed by atoms with Gasteiger partial charge in [-0.15, -0.1) is 0 Å². The van der Waals surface area contributed by atoms with Crippen LogP contribution in [0, 0.1) is 0 Å². The minimum atomic E-state index is 0.356. The second-order valence-corrected chi connectivity index (χ2v) is 6.76. The van der Waals surface area contributed by atoms with Gasteiger partial charge >= 0.3 is 0 Å². The lowest BCUT2D eigenvalue weighted by Crippen LogP contribution is -2.46. The predicted octanol–water partition coefficient (Wildman–Crippen LogP) is 2.82. The molecule has 0 amide bonds. The Balaban J connectivity index is 1.71. The van der Waals surface area contributed by atoms with Crippen molar-refractivity contribution in [3.05, 3.63) is 35.4 Å². The van der Waals surface area contributed by atoms with Crippen LogP contribution in [0.4, 0.5) is 0 Å². The van der Waals surface area contributed by atoms with Crippen LogP contribution in [-0.4, -0.2) is 64.0 Å². The monoisotopic (exact) mass is 377 g/mol. The Morgan fingerprint density at radius 2 is 1.85 bits per heavy atom. The smallest absolute Gasteiger partial charge is 0.193 e. The van der Waals surface area contributed by atoms with Crippen molar-refractivity contribution in [2.24, 2.45) is 4.99 Å². The fourth-order valence-electron chi connectivity index (χ4n) is 3.17. The zero-order valence-electron chi connectivity index (χ0n) is 17.1. The van der Waals surface area contributed by atoms with Crippen molar-refractivity contribution in [1.29, 1.82) is 0 Å². The van der Waals surface area contributed by atoms with Crippen LogP contribution in [-0.2, 0) is 27.4 Å². The van der Waals surface area contributed by atoms with Gasteiger partial charge in [0.1, 0.15) is 0 Å². The van der Waals surface area contributed by atoms with Gasteiger partial charge in [0.15, 0.2) is 5.96 Å². The number of methoxy groups -OCH3 is 1. The summed E-state index contributed by atoms with van der Waals surface area (Å²) in [7, 11) is 3.58. The third-order valence-electron chi connectivity index (χ3n) is 4.75. The number of guanidine groups is 1. The average Bonchev–Trinajstić information content (AvgIpc) is 2.72. The molecule has 1 N–H and O–H groups in total. The lowest BCUT2D eigenvalue weighted by Gasteiger charge is -2.34. The molecular weight excluding hydrogens is 342 g/mol. The molecule has 0 aliphatic carbocycles. The van der Waals surface area contributed by atoms with Gasteiger partial charge in [0, 0.05) is 53.6 Å². The van der Waals surface area contributed by atoms with Crippen LogP contribution in [0.2, 0.25) is 0 Å². The van der Waals surface area contributed by atoms with Gasteiger partial charge < -0.3 is 24.4 Å². The topological polar surface area (TPSA) is 55.3 Å². The van der Waals surface area contributed by atoms with E-state index in [1.165, 1.54) is 11.1 Å². The number of nitrogens with zero attached hydrogens (tertiary/aromatic N) is 2. The number of likely N-dealkylation sites (tertiary alicyclic amines) is 1. The van der Waals surface area contributed by atoms with Crippen molar-refractivity contribution in [3.63, 3.8) is 0 Å². The van der Waals surface area contributed by atoms with Gasteiger partial charge in [-0.3, -0.25) is 4.99 Å². The van der Waals surface area contributed by atoms with E-state index < -0.39 is 0 Å². The molecule has 0 unspecified atom stereocenters. The lowest BCUT2D eigenvalue weighted by molar-refractivity contribution is 0.00989. The maximum atomic E-state index is 5.94. The maximum Gasteiger partial charge on any atom is 0.193 e. The highest BCUT2D eigenvalue weighted by Gasteiger charge is 2.21. The third kappa shape index (κ3) is 7.87. The van der Waals surface area contributed by atoms with Gasteiger partial charge in [0.25, 0.3) is 0 Å². The molecule has 1 aromatic rings. The molecule has 0 spiro atoms. The van der Waals surface area contributed by atoms with Crippen LogP contribution in [0.3, 0.4) is 0 Å². The van der Waals surface area contributed by atoms with Crippen LogP contribution in [0.5, 0.6) is 0 Å². The van der Waals surface area contributed by atoms with Crippen LogP contribution < -0.4 is 5.32 Å². The minimum absolute atomic E-state index is 0.356. The molecule has 1 saturated heterocycles. The van der Waals surface area contributed by atoms with Crippen LogP contribution >= 0.6 is 0 Å². The Labute approximate surface area is 163 Å². The van der Waals surface area contributed by atoms with E-state index in [-0.39, 0.29) is 0 Å². The van der Waals surface area contributed by atoms with Crippen LogP contribution in [0.1, 0.15) is 37.3 Å². The number of rotatable bonds is 10. The molecule has 152 valence electrons. The van der Waals surface area contributed by atoms with Crippen molar-refractivity contribution in [2.75, 3.05) is 47.1 Å². The maximum absolute atomic E-state index is 5.94. The molecule has 0 radical (unpaired) electrons. The molecule has 1 aliphatic rings. The number of ether oxygens (including phenoxy) is 3. The van der Waals surface area contributed by atoms with Gasteiger partial charge in [-0.2, -0.15) is 0 Å². The Morgan fingerprint density at radius 1 is 1.15 bits per heavy atom. The molecule has 6 heteroatoms. The summed E-state index contributed by atoms with van der Waals surface area (Å²) in [5.41, 5.74) is 2.45. The van der Waals surface area contributed by atoms with E-state index in [2.05, 4.69) is 39.5 Å². The lowest BCUT2D eigenvalue weighted by atomic mass is 10.1. The third-order valence-corrected chi connectivity index (χ3v) is 4.75. The number of piperidine rings is 1. The number of hydrogen-bond donors (Lipinski definition) is 1. The summed E-state index contributed by atoms with van der Waals surface area (Å²) in [5.74, 6) is 0.964. The normalized spacial score (nSPS) is 16.0. The highest BCUT2D eigenvalue weighted by Crippen LogP contribution is 2.14. The van der Waals surface area contributed by atoms with E-state index >= 15 is 0 Å². The molecule has 6 nitrogen and oxygen atoms in total. The zero-order valence-corrected chi connectivity index (χ0v) is 17.1. The number of aliphatic imine (C=N–C) groups is 1. The fourth-order valence-corrected chi connectivity index (χ4v) is 3.17. The van der Waals surface area contributed by atoms with Gasteiger partial charge in [-0.05, 0) is 37.3 Å². The summed E-state index contributed by atoms with van der Waals surface area (Å²) < 4.78 is 16.4. The second kappa shape index (κ2) is 12.7. The molecule has 0 saturated carbocycles. The summed E-state index contributed by atoms with van der Waals surface area (Å²) in [5, 5.41) is 3.48. The zero-order chi connectivity index (χ0) is 19.3. The van der Waals surface area contributed by atoms with Crippen molar-refractivity contribution in [2.45, 2.75) is 45.4 Å². The SMILES string of the molecule is CCOCc1ccc(CNC(=NC)N2CCC(OCCCOC)CC2)cc1. The quantitative estimate of drug-likeness (QED) is 0.386. The molecule has 2 rings (SSSR count). The Bertz CT molecular complexity index is 540. The van der Waals surface area contributed by atoms with E-state index in [1.54, 1.807) is 7.11 Å². The predicted molar refractivity (Wildman–Crippen MR) is 109 cm³/mol. The molecule has 0 bridgehead atoms. The summed E-state index contributed by atoms with van der Waals surface area (Å²) >= 11 is 0. The second-order valence-electron chi connectivity index (χ2n) is 6.76. The van der Waals surface area contributed by atoms with Gasteiger partial charge in [0.05, 0.1) is 12.7 Å². The molecule has 0 atom stereocenters. The molecule has 1 fully saturated rings. The number of hydrogen-bond acceptors (Lipinski definition) is 4. The van der Waals surface area contributed by atoms with Gasteiger partial charge in [-0.25, -0.2) is 0 Å². The molecular formula is C21H35N3O3. The van der Waals surface area contributed by atoms with Gasteiger partial charge in [0.2, 0.25) is 0 Å². The fraction of sp³-hybridized carbons (Fsp3) is 0.667. The van der Waals surface area contributed by atoms with Crippen molar-refractivity contribution in [3.8, 4) is 0 Å². The van der Waals surface area contributed by atoms with Crippen LogP contribution in [0.15, 0.2) is 29.3 Å². The van der Waals surface area contributed by atoms with E-state index in [0.717, 1.165) is 64.7 Å². The number of nitrogens with one attached hydrogen (secondary N) is 1. The summed E-state index contributed by atoms with van der Waals surface area (Å²) in [4.78, 5) is 6.77. The first-order valence-corrected chi connectivity index (χ1v) is 9.98. The molecule has 1 aromatic carbocycles. The summed E-state index contributed by atoms with van der Waals surface area (Å²) in [6.07, 6.45) is 3.40. The largest absolute Gasteiger partial charge is 0.385 e. The first-order valence-electron chi connectivity index (χ1n) is 9.98. The van der Waals surface area contributed by atoms with Crippen molar-refractivity contribution in [1.82, 2.24) is 10.2 Å². The molecule has 1 aliphatic heterocycles. The first-order chi connectivity index (χ1) is 13.3. The standard InChI is InChI=1S/C21H35N3O3/c1-4-26-17-19-8-6-18(7-9-19)16-23-21(22-2)24-12-10-20(11-13-24)27-15-5-14-25-3/h6-9,20H,4-5,10-17H2,1-3H3,(H,22,23). The molecule has 1 heterocycles. The van der Waals surface area contributed by atoms with E-state index in [4.69, 9.17) is 14.2 Å². The first kappa shape index (κ1) is 21.7. The summed E-state index contributed by atoms with van der Waals surface area (Å²) in [6, 6.07) is 8.55. The van der Waals surface area contributed by atoms with Crippen molar-refractivity contribution < 1.29 is 14.2 Å². The Morgan fingerprint density at radius 3 is 2.48 bits per heavy atom. The van der Waals surface area contributed by atoms with Crippen molar-refractivity contribution >= 4 is 5.96 Å². The van der Waals surface area contributed by atoms with Crippen LogP contribution in [0.25, 0.3) is 0 Å². The number of benzene rings is 1. The Hall–Kier alpha value is -1.63. The highest BCUT2D eigenvalue weighted by atomic mass is 16.5. The van der Waals surface area contributed by atoms with E-state index in [1.807, 2.05) is 14.0 Å². The van der Waals surface area contributed by atoms with E-state index in [0.29, 0.717) is 12.7 Å². The Kier molecular flexibility index (Phi) is 10.2. The highest BCUT2D eigenvalue weighted by molar-refractivity contribution is 5.79. The summed E-state index contributed by atoms with van der Waals surface area (Å²) in [6.45, 7) is 7.70. The van der Waals surface area contributed by atoms with E-state index in [9.17, 15) is 0 Å². The molecule has 0 aromatic heterocycles. The average molecular weight is 378 g/mol. The van der Waals surface area contributed by atoms with Gasteiger partial charge in [-0.1, -0.05) is 24.3 Å². The molecule has 27 heavy (non-hydrogen) atoms. The minimum Gasteiger partial charge on any atom is -0.385 e.